The van der Waals surface area contributed by atoms with E-state index in [1.165, 1.54) is 18.4 Å². The summed E-state index contributed by atoms with van der Waals surface area (Å²) in [6, 6.07) is 12.5. The van der Waals surface area contributed by atoms with Crippen LogP contribution in [0.2, 0.25) is 10.0 Å². The predicted octanol–water partition coefficient (Wildman–Crippen LogP) is 6.61. The first-order valence-corrected chi connectivity index (χ1v) is 11.2. The molecule has 0 bridgehead atoms. The fourth-order valence-corrected chi connectivity index (χ4v) is 4.30. The molecule has 0 aliphatic carbocycles. The van der Waals surface area contributed by atoms with Gasteiger partial charge in [-0.05, 0) is 54.8 Å². The highest BCUT2D eigenvalue weighted by atomic mass is 35.5. The van der Waals surface area contributed by atoms with Gasteiger partial charge < -0.3 is 14.8 Å². The van der Waals surface area contributed by atoms with Crippen molar-refractivity contribution in [2.24, 2.45) is 0 Å². The summed E-state index contributed by atoms with van der Waals surface area (Å²) in [5.41, 5.74) is 2.77. The number of carbonyl (C=O) groups is 2. The fourth-order valence-electron chi connectivity index (χ4n) is 2.98. The molecule has 3 rings (SSSR count). The SMILES string of the molecule is COC(=O)c1c(-c2ccc(Cl)cc2)csc1NC(=O)CCCOc1ccc(Cl)cc1C. The number of methoxy groups -OCH3 is 1. The number of halogens is 2. The summed E-state index contributed by atoms with van der Waals surface area (Å²) in [5, 5.41) is 6.35. The zero-order valence-electron chi connectivity index (χ0n) is 17.0. The molecule has 2 aromatic carbocycles. The summed E-state index contributed by atoms with van der Waals surface area (Å²) in [4.78, 5) is 24.8. The van der Waals surface area contributed by atoms with Crippen LogP contribution in [0.3, 0.4) is 0 Å². The molecular weight excluding hydrogens is 457 g/mol. The van der Waals surface area contributed by atoms with Gasteiger partial charge in [0.1, 0.15) is 16.3 Å². The predicted molar refractivity (Wildman–Crippen MR) is 126 cm³/mol. The zero-order valence-corrected chi connectivity index (χ0v) is 19.4. The van der Waals surface area contributed by atoms with Crippen molar-refractivity contribution in [2.75, 3.05) is 19.0 Å². The lowest BCUT2D eigenvalue weighted by atomic mass is 10.0. The highest BCUT2D eigenvalue weighted by Gasteiger charge is 2.22. The molecule has 162 valence electrons. The summed E-state index contributed by atoms with van der Waals surface area (Å²) in [5.74, 6) is 0.0257. The Morgan fingerprint density at radius 3 is 2.45 bits per heavy atom. The number of nitrogens with one attached hydrogen (secondary N) is 1. The van der Waals surface area contributed by atoms with Crippen molar-refractivity contribution in [2.45, 2.75) is 19.8 Å². The molecule has 0 unspecified atom stereocenters. The van der Waals surface area contributed by atoms with Gasteiger partial charge in [0.25, 0.3) is 0 Å². The Hall–Kier alpha value is -2.54. The molecular formula is C23H21Cl2NO4S. The molecule has 0 radical (unpaired) electrons. The monoisotopic (exact) mass is 477 g/mol. The number of anilines is 1. The minimum absolute atomic E-state index is 0.203. The number of amides is 1. The first-order chi connectivity index (χ1) is 14.9. The molecule has 31 heavy (non-hydrogen) atoms. The minimum Gasteiger partial charge on any atom is -0.493 e. The second-order valence-electron chi connectivity index (χ2n) is 6.76. The van der Waals surface area contributed by atoms with Gasteiger partial charge in [0, 0.05) is 27.4 Å². The van der Waals surface area contributed by atoms with Gasteiger partial charge in [-0.1, -0.05) is 35.3 Å². The fraction of sp³-hybridized carbons (Fsp3) is 0.217. The molecule has 8 heteroatoms. The molecule has 0 spiro atoms. The average Bonchev–Trinajstić information content (AvgIpc) is 3.15. The van der Waals surface area contributed by atoms with E-state index in [1.807, 2.05) is 36.6 Å². The first kappa shape index (κ1) is 23.1. The molecule has 0 fully saturated rings. The maximum Gasteiger partial charge on any atom is 0.341 e. The van der Waals surface area contributed by atoms with Crippen LogP contribution in [0.1, 0.15) is 28.8 Å². The van der Waals surface area contributed by atoms with Crippen molar-refractivity contribution in [1.82, 2.24) is 0 Å². The van der Waals surface area contributed by atoms with E-state index in [9.17, 15) is 9.59 Å². The number of ether oxygens (including phenoxy) is 2. The van der Waals surface area contributed by atoms with Gasteiger partial charge in [-0.25, -0.2) is 4.79 Å². The summed E-state index contributed by atoms with van der Waals surface area (Å²) in [6.45, 7) is 2.30. The molecule has 0 aliphatic heterocycles. The van der Waals surface area contributed by atoms with Gasteiger partial charge in [0.15, 0.2) is 0 Å². The van der Waals surface area contributed by atoms with Gasteiger partial charge in [0.2, 0.25) is 5.91 Å². The van der Waals surface area contributed by atoms with Crippen molar-refractivity contribution < 1.29 is 19.1 Å². The van der Waals surface area contributed by atoms with Crippen molar-refractivity contribution in [1.29, 1.82) is 0 Å². The standard InChI is InChI=1S/C23H21Cl2NO4S/c1-14-12-17(25)9-10-19(14)30-11-3-4-20(27)26-22-21(23(28)29-2)18(13-31-22)15-5-7-16(24)8-6-15/h5-10,12-13H,3-4,11H2,1-2H3,(H,26,27). The Morgan fingerprint density at radius 1 is 1.06 bits per heavy atom. The van der Waals surface area contributed by atoms with Crippen LogP contribution in [0, 0.1) is 6.92 Å². The molecule has 1 aromatic heterocycles. The molecule has 0 saturated heterocycles. The Labute approximate surface area is 194 Å². The molecule has 0 saturated carbocycles. The van der Waals surface area contributed by atoms with Gasteiger partial charge in [0.05, 0.1) is 13.7 Å². The third-order valence-electron chi connectivity index (χ3n) is 4.53. The highest BCUT2D eigenvalue weighted by Crippen LogP contribution is 2.36. The third kappa shape index (κ3) is 6.00. The van der Waals surface area contributed by atoms with Crippen LogP contribution in [0.15, 0.2) is 47.8 Å². The van der Waals surface area contributed by atoms with Crippen LogP contribution in [-0.2, 0) is 9.53 Å². The molecule has 3 aromatic rings. The van der Waals surface area contributed by atoms with E-state index in [1.54, 1.807) is 18.2 Å². The number of thiophene rings is 1. The maximum absolute atomic E-state index is 12.4. The van der Waals surface area contributed by atoms with E-state index >= 15 is 0 Å². The Kier molecular flexibility index (Phi) is 7.96. The number of aryl methyl sites for hydroxylation is 1. The number of rotatable bonds is 8. The second-order valence-corrected chi connectivity index (χ2v) is 8.51. The van der Waals surface area contributed by atoms with E-state index in [-0.39, 0.29) is 12.3 Å². The number of esters is 1. The summed E-state index contributed by atoms with van der Waals surface area (Å²) < 4.78 is 10.7. The molecule has 0 atom stereocenters. The van der Waals surface area contributed by atoms with Gasteiger partial charge in [-0.2, -0.15) is 0 Å². The number of carbonyl (C=O) groups excluding carboxylic acids is 2. The summed E-state index contributed by atoms with van der Waals surface area (Å²) >= 11 is 13.2. The number of benzene rings is 2. The third-order valence-corrected chi connectivity index (χ3v) is 5.91. The Bertz CT molecular complexity index is 1080. The lowest BCUT2D eigenvalue weighted by Gasteiger charge is -2.10. The van der Waals surface area contributed by atoms with E-state index in [2.05, 4.69) is 5.32 Å². The Balaban J connectivity index is 1.62. The molecule has 1 heterocycles. The quantitative estimate of drug-likeness (QED) is 0.292. The lowest BCUT2D eigenvalue weighted by molar-refractivity contribution is -0.116. The van der Waals surface area contributed by atoms with Crippen LogP contribution < -0.4 is 10.1 Å². The van der Waals surface area contributed by atoms with E-state index in [0.717, 1.165) is 16.9 Å². The normalized spacial score (nSPS) is 10.6. The summed E-state index contributed by atoms with van der Waals surface area (Å²) in [7, 11) is 1.31. The van der Waals surface area contributed by atoms with Crippen molar-refractivity contribution >= 4 is 51.4 Å². The topological polar surface area (TPSA) is 64.6 Å². The van der Waals surface area contributed by atoms with Gasteiger partial charge in [-0.3, -0.25) is 4.79 Å². The van der Waals surface area contributed by atoms with E-state index in [0.29, 0.717) is 39.2 Å². The lowest BCUT2D eigenvalue weighted by Crippen LogP contribution is -2.15. The Morgan fingerprint density at radius 2 is 1.77 bits per heavy atom. The van der Waals surface area contributed by atoms with Crippen LogP contribution in [0.5, 0.6) is 5.75 Å². The van der Waals surface area contributed by atoms with Crippen LogP contribution in [0.25, 0.3) is 11.1 Å². The minimum atomic E-state index is -0.511. The molecule has 1 N–H and O–H groups in total. The highest BCUT2D eigenvalue weighted by molar-refractivity contribution is 7.15. The van der Waals surface area contributed by atoms with Crippen LogP contribution in [0.4, 0.5) is 5.00 Å². The zero-order chi connectivity index (χ0) is 22.4. The first-order valence-electron chi connectivity index (χ1n) is 9.53. The summed E-state index contributed by atoms with van der Waals surface area (Å²) in [6.07, 6.45) is 0.776. The smallest absolute Gasteiger partial charge is 0.341 e. The maximum atomic E-state index is 12.4. The molecule has 5 nitrogen and oxygen atoms in total. The number of hydrogen-bond acceptors (Lipinski definition) is 5. The van der Waals surface area contributed by atoms with Crippen LogP contribution >= 0.6 is 34.5 Å². The molecule has 1 amide bonds. The largest absolute Gasteiger partial charge is 0.493 e. The van der Waals surface area contributed by atoms with Crippen molar-refractivity contribution in [3.05, 3.63) is 69.0 Å². The van der Waals surface area contributed by atoms with Crippen molar-refractivity contribution in [3.8, 4) is 16.9 Å². The molecule has 0 aliphatic rings. The van der Waals surface area contributed by atoms with Gasteiger partial charge in [-0.15, -0.1) is 11.3 Å². The second kappa shape index (κ2) is 10.7. The van der Waals surface area contributed by atoms with E-state index in [4.69, 9.17) is 32.7 Å². The van der Waals surface area contributed by atoms with Gasteiger partial charge >= 0.3 is 5.97 Å². The number of hydrogen-bond donors (Lipinski definition) is 1. The van der Waals surface area contributed by atoms with Crippen LogP contribution in [-0.4, -0.2) is 25.6 Å². The average molecular weight is 478 g/mol. The van der Waals surface area contributed by atoms with E-state index < -0.39 is 5.97 Å². The van der Waals surface area contributed by atoms with Crippen molar-refractivity contribution in [3.63, 3.8) is 0 Å².